The van der Waals surface area contributed by atoms with Crippen molar-refractivity contribution in [1.82, 2.24) is 0 Å². The van der Waals surface area contributed by atoms with Gasteiger partial charge in [-0.05, 0) is 18.2 Å². The summed E-state index contributed by atoms with van der Waals surface area (Å²) in [6.45, 7) is 0. The molecule has 0 atom stereocenters. The number of furan rings is 1. The van der Waals surface area contributed by atoms with Crippen molar-refractivity contribution >= 4 is 20.8 Å². The van der Waals surface area contributed by atoms with E-state index in [4.69, 9.17) is 4.42 Å². The lowest BCUT2D eigenvalue weighted by Gasteiger charge is -1.96. The van der Waals surface area contributed by atoms with Gasteiger partial charge in [-0.2, -0.15) is 0 Å². The molecule has 80 valence electrons. The average Bonchev–Trinajstić information content (AvgIpc) is 2.46. The van der Waals surface area contributed by atoms with E-state index in [0.29, 0.717) is 16.5 Å². The van der Waals surface area contributed by atoms with Crippen LogP contribution in [0.2, 0.25) is 0 Å². The van der Waals surface area contributed by atoms with Crippen molar-refractivity contribution in [3.8, 4) is 5.75 Å². The summed E-state index contributed by atoms with van der Waals surface area (Å²) in [5.41, 5.74) is 1.15. The van der Waals surface area contributed by atoms with Gasteiger partial charge in [0.25, 0.3) is 0 Å². The fourth-order valence-electron chi connectivity index (χ4n) is 1.46. The Labute approximate surface area is 87.1 Å². The highest BCUT2D eigenvalue weighted by Crippen LogP contribution is 2.26. The molecule has 5 heteroatoms. The number of aromatic hydroxyl groups is 1. The predicted molar refractivity (Wildman–Crippen MR) is 56.4 cm³/mol. The Morgan fingerprint density at radius 2 is 2.13 bits per heavy atom. The second-order valence-electron chi connectivity index (χ2n) is 3.51. The molecule has 1 aromatic carbocycles. The number of sulfone groups is 1. The first-order valence-electron chi connectivity index (χ1n) is 4.32. The highest BCUT2D eigenvalue weighted by atomic mass is 32.2. The number of phenols is 1. The lowest BCUT2D eigenvalue weighted by Crippen LogP contribution is -1.99. The molecule has 1 aromatic heterocycles. The van der Waals surface area contributed by atoms with Crippen LogP contribution in [0.5, 0.6) is 5.75 Å². The fourth-order valence-corrected chi connectivity index (χ4v) is 2.25. The molecule has 2 rings (SSSR count). The molecule has 0 amide bonds. The van der Waals surface area contributed by atoms with Gasteiger partial charge in [0, 0.05) is 17.2 Å². The van der Waals surface area contributed by atoms with Crippen molar-refractivity contribution in [2.24, 2.45) is 0 Å². The van der Waals surface area contributed by atoms with Crippen LogP contribution in [0, 0.1) is 0 Å². The van der Waals surface area contributed by atoms with E-state index in [9.17, 15) is 13.5 Å². The number of fused-ring (bicyclic) bond motifs is 1. The Kier molecular flexibility index (Phi) is 2.19. The van der Waals surface area contributed by atoms with Crippen LogP contribution in [0.4, 0.5) is 0 Å². The van der Waals surface area contributed by atoms with Crippen molar-refractivity contribution in [3.63, 3.8) is 0 Å². The summed E-state index contributed by atoms with van der Waals surface area (Å²) in [7, 11) is -3.09. The van der Waals surface area contributed by atoms with E-state index < -0.39 is 9.84 Å². The van der Waals surface area contributed by atoms with Crippen molar-refractivity contribution in [3.05, 3.63) is 30.0 Å². The van der Waals surface area contributed by atoms with Crippen LogP contribution in [-0.2, 0) is 15.6 Å². The highest BCUT2D eigenvalue weighted by molar-refractivity contribution is 7.89. The lowest BCUT2D eigenvalue weighted by molar-refractivity contribution is 0.476. The van der Waals surface area contributed by atoms with E-state index >= 15 is 0 Å². The van der Waals surface area contributed by atoms with Gasteiger partial charge in [0.15, 0.2) is 9.84 Å². The summed E-state index contributed by atoms with van der Waals surface area (Å²) in [4.78, 5) is 0. The summed E-state index contributed by atoms with van der Waals surface area (Å²) in [5, 5.41) is 9.92. The number of rotatable bonds is 2. The standard InChI is InChI=1S/C10H10O4S/c1-15(12,13)6-7-5-14-10-3-2-8(11)4-9(7)10/h2-5,11H,6H2,1H3. The largest absolute Gasteiger partial charge is 0.508 e. The van der Waals surface area contributed by atoms with Gasteiger partial charge < -0.3 is 9.52 Å². The van der Waals surface area contributed by atoms with E-state index in [1.807, 2.05) is 0 Å². The van der Waals surface area contributed by atoms with Crippen LogP contribution in [0.15, 0.2) is 28.9 Å². The average molecular weight is 226 g/mol. The molecule has 4 nitrogen and oxygen atoms in total. The molecule has 1 heterocycles. The summed E-state index contributed by atoms with van der Waals surface area (Å²) in [5.74, 6) is 0.0161. The van der Waals surface area contributed by atoms with E-state index in [1.165, 1.54) is 18.4 Å². The molecule has 0 aliphatic rings. The lowest BCUT2D eigenvalue weighted by atomic mass is 10.2. The zero-order valence-corrected chi connectivity index (χ0v) is 8.91. The first kappa shape index (κ1) is 10.0. The van der Waals surface area contributed by atoms with Gasteiger partial charge in [-0.15, -0.1) is 0 Å². The zero-order chi connectivity index (χ0) is 11.1. The summed E-state index contributed by atoms with van der Waals surface area (Å²) in [6.07, 6.45) is 2.57. The first-order chi connectivity index (χ1) is 6.96. The quantitative estimate of drug-likeness (QED) is 0.846. The van der Waals surface area contributed by atoms with Gasteiger partial charge in [0.2, 0.25) is 0 Å². The SMILES string of the molecule is CS(=O)(=O)Cc1coc2ccc(O)cc12. The highest BCUT2D eigenvalue weighted by Gasteiger charge is 2.11. The van der Waals surface area contributed by atoms with Gasteiger partial charge in [0.05, 0.1) is 12.0 Å². The fraction of sp³-hybridized carbons (Fsp3) is 0.200. The van der Waals surface area contributed by atoms with Gasteiger partial charge in [-0.3, -0.25) is 0 Å². The molecule has 0 aliphatic carbocycles. The third-order valence-corrected chi connectivity index (χ3v) is 2.89. The summed E-state index contributed by atoms with van der Waals surface area (Å²) < 4.78 is 27.4. The molecule has 0 saturated heterocycles. The molecule has 0 radical (unpaired) electrons. The van der Waals surface area contributed by atoms with E-state index in [-0.39, 0.29) is 11.5 Å². The van der Waals surface area contributed by atoms with Gasteiger partial charge in [-0.25, -0.2) is 8.42 Å². The summed E-state index contributed by atoms with van der Waals surface area (Å²) in [6, 6.07) is 4.60. The second-order valence-corrected chi connectivity index (χ2v) is 5.65. The minimum Gasteiger partial charge on any atom is -0.508 e. The van der Waals surface area contributed by atoms with Gasteiger partial charge in [-0.1, -0.05) is 0 Å². The minimum atomic E-state index is -3.09. The van der Waals surface area contributed by atoms with E-state index in [0.717, 1.165) is 6.26 Å². The van der Waals surface area contributed by atoms with Crippen LogP contribution >= 0.6 is 0 Å². The zero-order valence-electron chi connectivity index (χ0n) is 8.10. The topological polar surface area (TPSA) is 67.5 Å². The Morgan fingerprint density at radius 1 is 1.40 bits per heavy atom. The maximum Gasteiger partial charge on any atom is 0.151 e. The van der Waals surface area contributed by atoms with Gasteiger partial charge >= 0.3 is 0 Å². The van der Waals surface area contributed by atoms with Gasteiger partial charge in [0.1, 0.15) is 11.3 Å². The predicted octanol–water partition coefficient (Wildman–Crippen LogP) is 1.68. The third-order valence-electron chi connectivity index (χ3n) is 2.05. The van der Waals surface area contributed by atoms with Crippen molar-refractivity contribution < 1.29 is 17.9 Å². The molecule has 0 bridgehead atoms. The number of benzene rings is 1. The molecule has 0 fully saturated rings. The summed E-state index contributed by atoms with van der Waals surface area (Å²) >= 11 is 0. The molecular weight excluding hydrogens is 216 g/mol. The van der Waals surface area contributed by atoms with Crippen molar-refractivity contribution in [1.29, 1.82) is 0 Å². The van der Waals surface area contributed by atoms with E-state index in [1.54, 1.807) is 6.07 Å². The van der Waals surface area contributed by atoms with E-state index in [2.05, 4.69) is 0 Å². The molecule has 0 saturated carbocycles. The van der Waals surface area contributed by atoms with Crippen molar-refractivity contribution in [2.45, 2.75) is 5.75 Å². The monoisotopic (exact) mass is 226 g/mol. The Bertz CT molecular complexity index is 595. The second kappa shape index (κ2) is 3.27. The van der Waals surface area contributed by atoms with Crippen molar-refractivity contribution in [2.75, 3.05) is 6.26 Å². The smallest absolute Gasteiger partial charge is 0.151 e. The number of hydrogen-bond donors (Lipinski definition) is 1. The Morgan fingerprint density at radius 3 is 2.80 bits per heavy atom. The molecule has 2 aromatic rings. The number of hydrogen-bond acceptors (Lipinski definition) is 4. The third kappa shape index (κ3) is 2.12. The van der Waals surface area contributed by atoms with Crippen LogP contribution in [0.1, 0.15) is 5.56 Å². The maximum atomic E-state index is 11.1. The Hall–Kier alpha value is -1.49. The molecule has 0 unspecified atom stereocenters. The number of phenolic OH excluding ortho intramolecular Hbond substituents is 1. The van der Waals surface area contributed by atoms with Crippen LogP contribution < -0.4 is 0 Å². The molecular formula is C10H10O4S. The maximum absolute atomic E-state index is 11.1. The van der Waals surface area contributed by atoms with Crippen LogP contribution in [0.25, 0.3) is 11.0 Å². The molecule has 0 spiro atoms. The Balaban J connectivity index is 2.57. The minimum absolute atomic E-state index is 0.0799. The van der Waals surface area contributed by atoms with Crippen LogP contribution in [-0.4, -0.2) is 19.8 Å². The normalized spacial score (nSPS) is 12.1. The molecule has 0 aliphatic heterocycles. The first-order valence-corrected chi connectivity index (χ1v) is 6.38. The van der Waals surface area contributed by atoms with Crippen LogP contribution in [0.3, 0.4) is 0 Å². The molecule has 1 N–H and O–H groups in total. The molecule has 15 heavy (non-hydrogen) atoms.